The number of hydrogen-bond donors (Lipinski definition) is 1. The van der Waals surface area contributed by atoms with Crippen LogP contribution in [0.3, 0.4) is 0 Å². The van der Waals surface area contributed by atoms with Gasteiger partial charge in [0.15, 0.2) is 0 Å². The van der Waals surface area contributed by atoms with Gasteiger partial charge in [-0.15, -0.1) is 5.10 Å². The third-order valence-electron chi connectivity index (χ3n) is 2.75. The van der Waals surface area contributed by atoms with Crippen LogP contribution in [0.2, 0.25) is 10.0 Å². The molecule has 0 spiro atoms. The number of hydrogen-bond acceptors (Lipinski definition) is 5. The van der Waals surface area contributed by atoms with Gasteiger partial charge in [0.2, 0.25) is 5.89 Å². The maximum absolute atomic E-state index is 12.1. The zero-order chi connectivity index (χ0) is 15.5. The van der Waals surface area contributed by atoms with Crippen molar-refractivity contribution in [3.63, 3.8) is 0 Å². The first-order valence-corrected chi connectivity index (χ1v) is 6.89. The van der Waals surface area contributed by atoms with E-state index in [0.717, 1.165) is 0 Å². The minimum Gasteiger partial charge on any atom is -0.403 e. The molecule has 0 fully saturated rings. The predicted octanol–water partition coefficient (Wildman–Crippen LogP) is 3.69. The van der Waals surface area contributed by atoms with Gasteiger partial charge in [0.1, 0.15) is 0 Å². The molecule has 0 bridgehead atoms. The van der Waals surface area contributed by atoms with Crippen molar-refractivity contribution < 1.29 is 9.21 Å². The van der Waals surface area contributed by atoms with Gasteiger partial charge in [-0.25, -0.2) is 0 Å². The van der Waals surface area contributed by atoms with Crippen molar-refractivity contribution >= 4 is 35.1 Å². The second-order valence-corrected chi connectivity index (χ2v) is 5.07. The summed E-state index contributed by atoms with van der Waals surface area (Å²) in [7, 11) is 0. The first-order chi connectivity index (χ1) is 10.6. The van der Waals surface area contributed by atoms with Crippen LogP contribution in [-0.4, -0.2) is 21.1 Å². The van der Waals surface area contributed by atoms with Crippen LogP contribution in [-0.2, 0) is 0 Å². The van der Waals surface area contributed by atoms with Gasteiger partial charge in [0.25, 0.3) is 5.91 Å². The number of carbonyl (C=O) groups excluding carboxylic acids is 1. The highest BCUT2D eigenvalue weighted by molar-refractivity contribution is 6.36. The third-order valence-corrected chi connectivity index (χ3v) is 3.31. The molecule has 0 aliphatic carbocycles. The molecule has 0 saturated carbocycles. The third kappa shape index (κ3) is 3.08. The van der Waals surface area contributed by atoms with Gasteiger partial charge in [-0.05, 0) is 30.3 Å². The Morgan fingerprint density at radius 2 is 1.86 bits per heavy atom. The molecule has 22 heavy (non-hydrogen) atoms. The van der Waals surface area contributed by atoms with Crippen molar-refractivity contribution in [3.8, 4) is 11.5 Å². The van der Waals surface area contributed by atoms with Gasteiger partial charge in [0, 0.05) is 23.0 Å². The smallest absolute Gasteiger partial charge is 0.322 e. The van der Waals surface area contributed by atoms with E-state index in [-0.39, 0.29) is 22.5 Å². The maximum atomic E-state index is 12.1. The van der Waals surface area contributed by atoms with Crippen molar-refractivity contribution in [2.45, 2.75) is 0 Å². The van der Waals surface area contributed by atoms with Crippen LogP contribution in [0, 0.1) is 0 Å². The summed E-state index contributed by atoms with van der Waals surface area (Å²) in [5.74, 6) is -0.215. The van der Waals surface area contributed by atoms with Gasteiger partial charge in [0.05, 0.1) is 10.6 Å². The molecule has 8 heteroatoms. The van der Waals surface area contributed by atoms with Gasteiger partial charge < -0.3 is 4.42 Å². The van der Waals surface area contributed by atoms with E-state index in [4.69, 9.17) is 27.6 Å². The van der Waals surface area contributed by atoms with Gasteiger partial charge in [-0.3, -0.25) is 15.1 Å². The molecule has 0 atom stereocenters. The Balaban J connectivity index is 1.81. The van der Waals surface area contributed by atoms with Gasteiger partial charge in [-0.2, -0.15) is 0 Å². The van der Waals surface area contributed by atoms with Crippen LogP contribution in [0.4, 0.5) is 6.01 Å². The van der Waals surface area contributed by atoms with Gasteiger partial charge >= 0.3 is 6.01 Å². The number of pyridine rings is 1. The monoisotopic (exact) mass is 334 g/mol. The summed E-state index contributed by atoms with van der Waals surface area (Å²) in [6.45, 7) is 0. The molecule has 0 aliphatic heterocycles. The lowest BCUT2D eigenvalue weighted by Crippen LogP contribution is -2.12. The number of carbonyl (C=O) groups is 1. The summed E-state index contributed by atoms with van der Waals surface area (Å²) in [5, 5.41) is 10.8. The van der Waals surface area contributed by atoms with E-state index in [1.165, 1.54) is 12.1 Å². The number of nitrogens with zero attached hydrogens (tertiary/aromatic N) is 3. The zero-order valence-corrected chi connectivity index (χ0v) is 12.5. The second-order valence-electron chi connectivity index (χ2n) is 4.23. The first kappa shape index (κ1) is 14.5. The summed E-state index contributed by atoms with van der Waals surface area (Å²) in [6, 6.07) is 7.98. The van der Waals surface area contributed by atoms with Crippen LogP contribution in [0.15, 0.2) is 47.1 Å². The lowest BCUT2D eigenvalue weighted by molar-refractivity contribution is 0.102. The Bertz CT molecular complexity index is 821. The van der Waals surface area contributed by atoms with E-state index in [1.54, 1.807) is 30.6 Å². The number of rotatable bonds is 3. The van der Waals surface area contributed by atoms with E-state index in [2.05, 4.69) is 20.5 Å². The molecule has 1 aromatic carbocycles. The second kappa shape index (κ2) is 6.13. The SMILES string of the molecule is O=C(Nc1nnc(-c2ccncc2)o1)c1cc(Cl)ccc1Cl. The number of halogens is 2. The van der Waals surface area contributed by atoms with Crippen molar-refractivity contribution in [1.29, 1.82) is 0 Å². The zero-order valence-electron chi connectivity index (χ0n) is 11.0. The Labute approximate surface area is 135 Å². The molecule has 0 radical (unpaired) electrons. The molecule has 0 aliphatic rings. The molecular weight excluding hydrogens is 327 g/mol. The largest absolute Gasteiger partial charge is 0.403 e. The standard InChI is InChI=1S/C14H8Cl2N4O2/c15-9-1-2-11(16)10(7-9)12(21)18-14-20-19-13(22-14)8-3-5-17-6-4-8/h1-7H,(H,18,20,21). The fourth-order valence-corrected chi connectivity index (χ4v) is 2.10. The number of nitrogens with one attached hydrogen (secondary N) is 1. The molecule has 2 heterocycles. The molecule has 110 valence electrons. The molecule has 0 unspecified atom stereocenters. The highest BCUT2D eigenvalue weighted by atomic mass is 35.5. The number of anilines is 1. The topological polar surface area (TPSA) is 80.9 Å². The van der Waals surface area contributed by atoms with Crippen LogP contribution in [0.1, 0.15) is 10.4 Å². The lowest BCUT2D eigenvalue weighted by atomic mass is 10.2. The van der Waals surface area contributed by atoms with Crippen LogP contribution in [0.25, 0.3) is 11.5 Å². The van der Waals surface area contributed by atoms with E-state index in [0.29, 0.717) is 10.6 Å². The Morgan fingerprint density at radius 1 is 1.09 bits per heavy atom. The number of amides is 1. The molecular formula is C14H8Cl2N4O2. The molecule has 1 amide bonds. The van der Waals surface area contributed by atoms with E-state index >= 15 is 0 Å². The Hall–Kier alpha value is -2.44. The van der Waals surface area contributed by atoms with Crippen molar-refractivity contribution in [3.05, 3.63) is 58.3 Å². The van der Waals surface area contributed by atoms with E-state index in [9.17, 15) is 4.79 Å². The van der Waals surface area contributed by atoms with Crippen LogP contribution in [0.5, 0.6) is 0 Å². The highest BCUT2D eigenvalue weighted by Gasteiger charge is 2.15. The fraction of sp³-hybridized carbons (Fsp3) is 0. The number of aromatic nitrogens is 3. The van der Waals surface area contributed by atoms with E-state index < -0.39 is 5.91 Å². The minimum atomic E-state index is -0.488. The average Bonchev–Trinajstić information content (AvgIpc) is 2.99. The van der Waals surface area contributed by atoms with Crippen molar-refractivity contribution in [1.82, 2.24) is 15.2 Å². The number of benzene rings is 1. The van der Waals surface area contributed by atoms with Crippen molar-refractivity contribution in [2.75, 3.05) is 5.32 Å². The minimum absolute atomic E-state index is 0.0344. The molecule has 3 aromatic rings. The Morgan fingerprint density at radius 3 is 2.64 bits per heavy atom. The quantitative estimate of drug-likeness (QED) is 0.789. The van der Waals surface area contributed by atoms with Gasteiger partial charge in [-0.1, -0.05) is 28.3 Å². The molecule has 6 nitrogen and oxygen atoms in total. The maximum Gasteiger partial charge on any atom is 0.322 e. The summed E-state index contributed by atoms with van der Waals surface area (Å²) in [5.41, 5.74) is 0.918. The van der Waals surface area contributed by atoms with E-state index in [1.807, 2.05) is 0 Å². The normalized spacial score (nSPS) is 10.5. The van der Waals surface area contributed by atoms with Crippen LogP contribution < -0.4 is 5.32 Å². The van der Waals surface area contributed by atoms with Crippen LogP contribution >= 0.6 is 23.2 Å². The van der Waals surface area contributed by atoms with Crippen molar-refractivity contribution in [2.24, 2.45) is 0 Å². The summed E-state index contributed by atoms with van der Waals surface area (Å²) < 4.78 is 5.37. The lowest BCUT2D eigenvalue weighted by Gasteiger charge is -2.03. The molecule has 0 saturated heterocycles. The summed E-state index contributed by atoms with van der Waals surface area (Å²) in [4.78, 5) is 16.0. The summed E-state index contributed by atoms with van der Waals surface area (Å²) >= 11 is 11.8. The highest BCUT2D eigenvalue weighted by Crippen LogP contribution is 2.23. The summed E-state index contributed by atoms with van der Waals surface area (Å²) in [6.07, 6.45) is 3.20. The molecule has 1 N–H and O–H groups in total. The molecule has 2 aromatic heterocycles. The fourth-order valence-electron chi connectivity index (χ4n) is 1.72. The Kier molecular flexibility index (Phi) is 4.04. The molecule has 3 rings (SSSR count). The predicted molar refractivity (Wildman–Crippen MR) is 81.9 cm³/mol. The first-order valence-electron chi connectivity index (χ1n) is 6.14. The average molecular weight is 335 g/mol.